The summed E-state index contributed by atoms with van der Waals surface area (Å²) in [5.74, 6) is 2.47. The molecule has 27 heavy (non-hydrogen) atoms. The Bertz CT molecular complexity index is 517. The van der Waals surface area contributed by atoms with Crippen molar-refractivity contribution in [3.63, 3.8) is 0 Å². The van der Waals surface area contributed by atoms with Crippen LogP contribution in [0.4, 0.5) is 4.79 Å². The van der Waals surface area contributed by atoms with E-state index >= 15 is 0 Å². The topological polar surface area (TPSA) is 87.5 Å². The molecule has 0 unspecified atom stereocenters. The predicted octanol–water partition coefficient (Wildman–Crippen LogP) is 2.51. The minimum Gasteiger partial charge on any atom is -0.345 e. The molecule has 4 N–H and O–H groups in total. The molecule has 0 aromatic rings. The normalized spacial score (nSPS) is 31.2. The van der Waals surface area contributed by atoms with Crippen LogP contribution in [0.1, 0.15) is 58.8 Å². The highest BCUT2D eigenvalue weighted by molar-refractivity contribution is 5.85. The van der Waals surface area contributed by atoms with Crippen molar-refractivity contribution in [1.29, 1.82) is 0 Å². The van der Waals surface area contributed by atoms with Crippen molar-refractivity contribution in [1.82, 2.24) is 15.5 Å². The lowest BCUT2D eigenvalue weighted by Gasteiger charge is -2.56. The monoisotopic (exact) mass is 400 g/mol. The van der Waals surface area contributed by atoms with E-state index in [-0.39, 0.29) is 35.3 Å². The lowest BCUT2D eigenvalue weighted by molar-refractivity contribution is -0.130. The number of rotatable bonds is 7. The molecule has 0 aromatic carbocycles. The molecule has 156 valence electrons. The summed E-state index contributed by atoms with van der Waals surface area (Å²) in [6.45, 7) is 5.64. The molecule has 0 aliphatic heterocycles. The van der Waals surface area contributed by atoms with E-state index in [1.807, 2.05) is 13.8 Å². The maximum atomic E-state index is 12.4. The number of nitrogens with one attached hydrogen (secondary N) is 2. The zero-order chi connectivity index (χ0) is 18.9. The van der Waals surface area contributed by atoms with Crippen molar-refractivity contribution in [3.05, 3.63) is 0 Å². The first-order valence-corrected chi connectivity index (χ1v) is 10.2. The fourth-order valence-corrected chi connectivity index (χ4v) is 5.82. The minimum atomic E-state index is -0.107. The van der Waals surface area contributed by atoms with E-state index in [0.29, 0.717) is 26.1 Å². The highest BCUT2D eigenvalue weighted by Crippen LogP contribution is 2.55. The number of halogens is 1. The number of hydrogen-bond acceptors (Lipinski definition) is 3. The van der Waals surface area contributed by atoms with Crippen LogP contribution in [0.25, 0.3) is 0 Å². The Balaban J connectivity index is 0.00000261. The molecule has 6 nitrogen and oxygen atoms in total. The van der Waals surface area contributed by atoms with Gasteiger partial charge < -0.3 is 21.3 Å². The van der Waals surface area contributed by atoms with Crippen molar-refractivity contribution in [2.75, 3.05) is 26.7 Å². The molecule has 7 heteroatoms. The number of urea groups is 1. The molecule has 4 aliphatic carbocycles. The maximum Gasteiger partial charge on any atom is 0.315 e. The van der Waals surface area contributed by atoms with Crippen LogP contribution in [-0.2, 0) is 4.79 Å². The van der Waals surface area contributed by atoms with E-state index in [0.717, 1.165) is 37.0 Å². The van der Waals surface area contributed by atoms with Gasteiger partial charge in [-0.25, -0.2) is 4.79 Å². The highest BCUT2D eigenvalue weighted by Gasteiger charge is 2.51. The summed E-state index contributed by atoms with van der Waals surface area (Å²) in [5.41, 5.74) is 5.66. The third-order valence-electron chi connectivity index (χ3n) is 6.68. The molecule has 3 amide bonds. The number of carbonyl (C=O) groups is 2. The van der Waals surface area contributed by atoms with Crippen LogP contribution in [0.3, 0.4) is 0 Å². The molecule has 0 spiro atoms. The molecule has 0 atom stereocenters. The summed E-state index contributed by atoms with van der Waals surface area (Å²) in [5, 5.41) is 6.18. The van der Waals surface area contributed by atoms with Gasteiger partial charge in [0.25, 0.3) is 0 Å². The third-order valence-corrected chi connectivity index (χ3v) is 6.68. The van der Waals surface area contributed by atoms with Crippen LogP contribution in [0, 0.1) is 23.2 Å². The van der Waals surface area contributed by atoms with Crippen molar-refractivity contribution in [2.24, 2.45) is 28.9 Å². The van der Waals surface area contributed by atoms with E-state index < -0.39 is 0 Å². The Morgan fingerprint density at radius 1 is 1.11 bits per heavy atom. The van der Waals surface area contributed by atoms with Gasteiger partial charge in [-0.1, -0.05) is 13.8 Å². The average Bonchev–Trinajstić information content (AvgIpc) is 2.52. The molecule has 0 heterocycles. The summed E-state index contributed by atoms with van der Waals surface area (Å²) >= 11 is 0. The first-order chi connectivity index (χ1) is 12.2. The molecule has 4 bridgehead atoms. The van der Waals surface area contributed by atoms with Crippen molar-refractivity contribution >= 4 is 24.3 Å². The molecular weight excluding hydrogens is 364 g/mol. The molecule has 4 aliphatic rings. The van der Waals surface area contributed by atoms with Crippen molar-refractivity contribution in [3.8, 4) is 0 Å². The first kappa shape index (κ1) is 22.3. The number of nitrogens with two attached hydrogens (primary N) is 1. The summed E-state index contributed by atoms with van der Waals surface area (Å²) in [7, 11) is 1.80. The Morgan fingerprint density at radius 3 is 2.11 bits per heavy atom. The van der Waals surface area contributed by atoms with Crippen LogP contribution >= 0.6 is 12.4 Å². The van der Waals surface area contributed by atoms with E-state index in [1.54, 1.807) is 11.9 Å². The maximum absolute atomic E-state index is 12.4. The second-order valence-corrected chi connectivity index (χ2v) is 9.95. The molecule has 0 saturated heterocycles. The van der Waals surface area contributed by atoms with Gasteiger partial charge in [-0.3, -0.25) is 4.79 Å². The van der Waals surface area contributed by atoms with Gasteiger partial charge in [-0.15, -0.1) is 12.4 Å². The Morgan fingerprint density at radius 2 is 1.63 bits per heavy atom. The number of carbonyl (C=O) groups excluding carboxylic acids is 2. The lowest BCUT2D eigenvalue weighted by Crippen LogP contribution is -2.61. The summed E-state index contributed by atoms with van der Waals surface area (Å²) in [6.07, 6.45) is 7.84. The fraction of sp³-hybridized carbons (Fsp3) is 0.900. The lowest BCUT2D eigenvalue weighted by atomic mass is 9.53. The summed E-state index contributed by atoms with van der Waals surface area (Å²) in [4.78, 5) is 26.3. The Kier molecular flexibility index (Phi) is 7.06. The van der Waals surface area contributed by atoms with Crippen molar-refractivity contribution in [2.45, 2.75) is 64.3 Å². The number of hydrogen-bond donors (Lipinski definition) is 3. The number of amides is 3. The SMILES string of the molecule is CN(CC(C)(C)CN)C(=O)CCNC(=O)NC12CC3CC(CC(C3)C1)C2.Cl. The van der Waals surface area contributed by atoms with E-state index in [4.69, 9.17) is 5.73 Å². The molecule has 4 saturated carbocycles. The Labute approximate surface area is 169 Å². The molecule has 4 rings (SSSR count). The van der Waals surface area contributed by atoms with Crippen LogP contribution in [0.2, 0.25) is 0 Å². The smallest absolute Gasteiger partial charge is 0.315 e. The van der Waals surface area contributed by atoms with Crippen LogP contribution in [-0.4, -0.2) is 49.1 Å². The quantitative estimate of drug-likeness (QED) is 0.613. The average molecular weight is 401 g/mol. The first-order valence-electron chi connectivity index (χ1n) is 10.2. The van der Waals surface area contributed by atoms with Crippen molar-refractivity contribution < 1.29 is 9.59 Å². The van der Waals surface area contributed by atoms with Gasteiger partial charge in [0.05, 0.1) is 0 Å². The largest absolute Gasteiger partial charge is 0.345 e. The minimum absolute atomic E-state index is 0. The van der Waals surface area contributed by atoms with Crippen LogP contribution < -0.4 is 16.4 Å². The van der Waals surface area contributed by atoms with Crippen LogP contribution in [0.15, 0.2) is 0 Å². The van der Waals surface area contributed by atoms with E-state index in [2.05, 4.69) is 10.6 Å². The van der Waals surface area contributed by atoms with E-state index in [9.17, 15) is 9.59 Å². The van der Waals surface area contributed by atoms with Gasteiger partial charge in [0.1, 0.15) is 0 Å². The van der Waals surface area contributed by atoms with Gasteiger partial charge in [-0.05, 0) is 68.2 Å². The summed E-state index contributed by atoms with van der Waals surface area (Å²) in [6, 6.07) is -0.107. The highest BCUT2D eigenvalue weighted by atomic mass is 35.5. The third kappa shape index (κ3) is 5.50. The summed E-state index contributed by atoms with van der Waals surface area (Å²) < 4.78 is 0. The molecule has 0 radical (unpaired) electrons. The van der Waals surface area contributed by atoms with Gasteiger partial charge >= 0.3 is 6.03 Å². The van der Waals surface area contributed by atoms with Gasteiger partial charge in [0, 0.05) is 32.1 Å². The number of nitrogens with zero attached hydrogens (tertiary/aromatic N) is 1. The van der Waals surface area contributed by atoms with Crippen LogP contribution in [0.5, 0.6) is 0 Å². The van der Waals surface area contributed by atoms with E-state index in [1.165, 1.54) is 19.3 Å². The molecule has 4 fully saturated rings. The zero-order valence-electron chi connectivity index (χ0n) is 17.1. The second kappa shape index (κ2) is 8.56. The second-order valence-electron chi connectivity index (χ2n) is 9.95. The van der Waals surface area contributed by atoms with Gasteiger partial charge in [0.2, 0.25) is 5.91 Å². The predicted molar refractivity (Wildman–Crippen MR) is 110 cm³/mol. The zero-order valence-corrected chi connectivity index (χ0v) is 17.9. The van der Waals surface area contributed by atoms with Gasteiger partial charge in [-0.2, -0.15) is 0 Å². The molecular formula is C20H37ClN4O2. The van der Waals surface area contributed by atoms with Gasteiger partial charge in [0.15, 0.2) is 0 Å². The molecule has 0 aromatic heterocycles. The standard InChI is InChI=1S/C20H36N4O2.ClH/c1-19(2,12-21)13-24(3)17(25)4-5-22-18(26)23-20-9-14-6-15(10-20)8-16(7-14)11-20;/h14-16H,4-13,21H2,1-3H3,(H2,22,23,26);1H. The Hall–Kier alpha value is -1.01. The fourth-order valence-electron chi connectivity index (χ4n) is 5.82.